The lowest BCUT2D eigenvalue weighted by molar-refractivity contribution is 0.448. The third kappa shape index (κ3) is 14.9. The standard InChI is InChI=1S/C13H17N.C12H25N.C2H6/c1-5-9-14-12(4)13-10(2)7-6-8-11(13)3;1-4-7-8-11-13-12(9-5-2)10-6-3;1-2/h5-9H,1-4H3;4,7,12-13H,5-6,8-11H2,1-3H3;1-2H3/b9-5+,14-12?;7-4+;. The third-order valence-corrected chi connectivity index (χ3v) is 4.51. The van der Waals surface area contributed by atoms with Crippen LogP contribution in [0.2, 0.25) is 0 Å². The van der Waals surface area contributed by atoms with E-state index in [2.05, 4.69) is 82.2 Å². The van der Waals surface area contributed by atoms with Gasteiger partial charge in [-0.1, -0.05) is 77.0 Å². The largest absolute Gasteiger partial charge is 0.314 e. The van der Waals surface area contributed by atoms with E-state index in [4.69, 9.17) is 0 Å². The van der Waals surface area contributed by atoms with Crippen LogP contribution in [0.15, 0.2) is 47.6 Å². The van der Waals surface area contributed by atoms with Crippen LogP contribution in [0.5, 0.6) is 0 Å². The Bertz CT molecular complexity index is 556. The maximum Gasteiger partial charge on any atom is 0.0450 e. The Kier molecular flexibility index (Phi) is 21.4. The maximum atomic E-state index is 4.37. The van der Waals surface area contributed by atoms with E-state index in [0.717, 1.165) is 18.3 Å². The van der Waals surface area contributed by atoms with Crippen LogP contribution in [0.25, 0.3) is 0 Å². The molecule has 29 heavy (non-hydrogen) atoms. The average molecular weight is 401 g/mol. The number of hydrogen-bond acceptors (Lipinski definition) is 2. The van der Waals surface area contributed by atoms with Crippen molar-refractivity contribution in [3.8, 4) is 0 Å². The molecule has 0 saturated carbocycles. The molecule has 0 radical (unpaired) electrons. The van der Waals surface area contributed by atoms with Crippen LogP contribution in [0.4, 0.5) is 0 Å². The molecule has 0 bridgehead atoms. The molecule has 0 aliphatic heterocycles. The van der Waals surface area contributed by atoms with E-state index in [1.807, 2.05) is 33.0 Å². The molecule has 1 rings (SSSR count). The first kappa shape index (κ1) is 29.5. The van der Waals surface area contributed by atoms with Gasteiger partial charge in [0.05, 0.1) is 0 Å². The summed E-state index contributed by atoms with van der Waals surface area (Å²) in [6, 6.07) is 7.07. The summed E-state index contributed by atoms with van der Waals surface area (Å²) >= 11 is 0. The molecular weight excluding hydrogens is 352 g/mol. The molecule has 0 aliphatic rings. The summed E-state index contributed by atoms with van der Waals surface area (Å²) in [7, 11) is 0. The zero-order valence-electron chi connectivity index (χ0n) is 20.8. The highest BCUT2D eigenvalue weighted by atomic mass is 14.9. The van der Waals surface area contributed by atoms with Gasteiger partial charge in [-0.05, 0) is 71.6 Å². The van der Waals surface area contributed by atoms with E-state index in [-0.39, 0.29) is 0 Å². The molecule has 0 heterocycles. The maximum absolute atomic E-state index is 4.37. The van der Waals surface area contributed by atoms with Gasteiger partial charge in [0.15, 0.2) is 0 Å². The van der Waals surface area contributed by atoms with E-state index in [1.165, 1.54) is 48.8 Å². The zero-order valence-corrected chi connectivity index (χ0v) is 20.8. The van der Waals surface area contributed by atoms with Crippen LogP contribution in [-0.2, 0) is 0 Å². The summed E-state index contributed by atoms with van der Waals surface area (Å²) in [5.41, 5.74) is 4.93. The second kappa shape index (κ2) is 21.0. The van der Waals surface area contributed by atoms with E-state index in [0.29, 0.717) is 0 Å². The Hall–Kier alpha value is -1.67. The summed E-state index contributed by atoms with van der Waals surface area (Å²) in [4.78, 5) is 4.37. The van der Waals surface area contributed by atoms with Gasteiger partial charge in [-0.25, -0.2) is 0 Å². The molecule has 0 aliphatic carbocycles. The van der Waals surface area contributed by atoms with Crippen molar-refractivity contribution in [3.05, 3.63) is 59.3 Å². The molecule has 0 amide bonds. The van der Waals surface area contributed by atoms with Crippen molar-refractivity contribution in [1.29, 1.82) is 0 Å². The molecule has 0 unspecified atom stereocenters. The quantitative estimate of drug-likeness (QED) is 0.239. The normalized spacial score (nSPS) is 11.4. The third-order valence-electron chi connectivity index (χ3n) is 4.51. The van der Waals surface area contributed by atoms with Crippen LogP contribution in [0, 0.1) is 13.8 Å². The fraction of sp³-hybridized carbons (Fsp3) is 0.593. The van der Waals surface area contributed by atoms with Crippen LogP contribution >= 0.6 is 0 Å². The number of allylic oxidation sites excluding steroid dienone is 2. The van der Waals surface area contributed by atoms with Gasteiger partial charge in [-0.15, -0.1) is 0 Å². The molecule has 0 spiro atoms. The smallest absolute Gasteiger partial charge is 0.0450 e. The average Bonchev–Trinajstić information content (AvgIpc) is 2.72. The number of hydrogen-bond donors (Lipinski definition) is 1. The van der Waals surface area contributed by atoms with Crippen molar-refractivity contribution in [2.75, 3.05) is 6.54 Å². The van der Waals surface area contributed by atoms with E-state index < -0.39 is 0 Å². The van der Waals surface area contributed by atoms with Crippen LogP contribution in [-0.4, -0.2) is 18.3 Å². The van der Waals surface area contributed by atoms with Crippen molar-refractivity contribution in [3.63, 3.8) is 0 Å². The summed E-state index contributed by atoms with van der Waals surface area (Å²) in [5.74, 6) is 0. The van der Waals surface area contributed by atoms with Gasteiger partial charge in [0, 0.05) is 23.5 Å². The van der Waals surface area contributed by atoms with Crippen molar-refractivity contribution in [1.82, 2.24) is 5.32 Å². The molecule has 166 valence electrons. The minimum absolute atomic E-state index is 0.750. The Morgan fingerprint density at radius 3 is 2.00 bits per heavy atom. The molecule has 1 N–H and O–H groups in total. The molecule has 2 heteroatoms. The van der Waals surface area contributed by atoms with Crippen molar-refractivity contribution in [2.45, 2.75) is 100 Å². The minimum atomic E-state index is 0.750. The molecule has 0 fully saturated rings. The number of nitrogens with zero attached hydrogens (tertiary/aromatic N) is 1. The highest BCUT2D eigenvalue weighted by Crippen LogP contribution is 2.14. The Morgan fingerprint density at radius 1 is 1.00 bits per heavy atom. The van der Waals surface area contributed by atoms with E-state index >= 15 is 0 Å². The SMILES string of the molecule is C/C=C/CCNC(CCC)CCC.C/C=C/N=C(C)c1c(C)cccc1C.CC. The predicted molar refractivity (Wildman–Crippen MR) is 135 cm³/mol. The highest BCUT2D eigenvalue weighted by Gasteiger charge is 2.04. The lowest BCUT2D eigenvalue weighted by Gasteiger charge is -2.16. The number of aliphatic imine (C=N–C) groups is 1. The Balaban J connectivity index is 0. The summed E-state index contributed by atoms with van der Waals surface area (Å²) in [6.07, 6.45) is 14.5. The molecule has 0 aromatic heterocycles. The van der Waals surface area contributed by atoms with Gasteiger partial charge in [0.1, 0.15) is 0 Å². The minimum Gasteiger partial charge on any atom is -0.314 e. The molecule has 1 aromatic rings. The second-order valence-electron chi connectivity index (χ2n) is 7.05. The molecule has 0 atom stereocenters. The number of nitrogens with one attached hydrogen (secondary N) is 1. The lowest BCUT2D eigenvalue weighted by Crippen LogP contribution is -2.29. The first-order chi connectivity index (χ1) is 14.0. The van der Waals surface area contributed by atoms with Gasteiger partial charge in [0.25, 0.3) is 0 Å². The van der Waals surface area contributed by atoms with Gasteiger partial charge >= 0.3 is 0 Å². The number of rotatable bonds is 10. The highest BCUT2D eigenvalue weighted by molar-refractivity contribution is 6.01. The topological polar surface area (TPSA) is 24.4 Å². The monoisotopic (exact) mass is 400 g/mol. The fourth-order valence-corrected chi connectivity index (χ4v) is 3.22. The van der Waals surface area contributed by atoms with Crippen molar-refractivity contribution in [2.24, 2.45) is 4.99 Å². The van der Waals surface area contributed by atoms with Crippen LogP contribution in [0.3, 0.4) is 0 Å². The van der Waals surface area contributed by atoms with Gasteiger partial charge < -0.3 is 5.32 Å². The summed E-state index contributed by atoms with van der Waals surface area (Å²) in [5, 5.41) is 3.61. The molecule has 0 saturated heterocycles. The summed E-state index contributed by atoms with van der Waals surface area (Å²) in [6.45, 7) is 20.0. The molecule has 2 nitrogen and oxygen atoms in total. The van der Waals surface area contributed by atoms with E-state index in [1.54, 1.807) is 0 Å². The Labute approximate surface area is 182 Å². The predicted octanol–water partition coefficient (Wildman–Crippen LogP) is 8.18. The second-order valence-corrected chi connectivity index (χ2v) is 7.05. The van der Waals surface area contributed by atoms with Crippen LogP contribution < -0.4 is 5.32 Å². The zero-order chi connectivity index (χ0) is 22.5. The fourth-order valence-electron chi connectivity index (χ4n) is 3.22. The van der Waals surface area contributed by atoms with Crippen molar-refractivity contribution < 1.29 is 0 Å². The van der Waals surface area contributed by atoms with Gasteiger partial charge in [-0.2, -0.15) is 0 Å². The van der Waals surface area contributed by atoms with Gasteiger partial charge in [0.2, 0.25) is 0 Å². The van der Waals surface area contributed by atoms with Crippen LogP contribution in [0.1, 0.15) is 97.3 Å². The van der Waals surface area contributed by atoms with E-state index in [9.17, 15) is 0 Å². The first-order valence-corrected chi connectivity index (χ1v) is 11.6. The summed E-state index contributed by atoms with van der Waals surface area (Å²) < 4.78 is 0. The lowest BCUT2D eigenvalue weighted by atomic mass is 9.99. The molecule has 1 aromatic carbocycles. The number of aryl methyl sites for hydroxylation is 2. The van der Waals surface area contributed by atoms with Gasteiger partial charge in [-0.3, -0.25) is 4.99 Å². The number of benzene rings is 1. The Morgan fingerprint density at radius 2 is 1.55 bits per heavy atom. The van der Waals surface area contributed by atoms with Crippen molar-refractivity contribution >= 4 is 5.71 Å². The first-order valence-electron chi connectivity index (χ1n) is 11.6. The molecular formula is C27H48N2.